The molecule has 0 bridgehead atoms. The van der Waals surface area contributed by atoms with Crippen molar-refractivity contribution in [2.45, 2.75) is 13.0 Å². The Bertz CT molecular complexity index is 608. The third-order valence-electron chi connectivity index (χ3n) is 2.84. The van der Waals surface area contributed by atoms with Crippen molar-refractivity contribution in [1.29, 1.82) is 0 Å². The molecule has 0 fully saturated rings. The SMILES string of the molecule is COCCCOCc1c(C(=O)O)sc2cccc(F)c12. The number of thiophene rings is 1. The van der Waals surface area contributed by atoms with Gasteiger partial charge in [0.1, 0.15) is 10.7 Å². The second kappa shape index (κ2) is 6.78. The van der Waals surface area contributed by atoms with E-state index in [0.29, 0.717) is 35.3 Å². The smallest absolute Gasteiger partial charge is 0.346 e. The maximum absolute atomic E-state index is 13.9. The molecular formula is C14H15FO4S. The van der Waals surface area contributed by atoms with Crippen molar-refractivity contribution in [3.8, 4) is 0 Å². The summed E-state index contributed by atoms with van der Waals surface area (Å²) in [6.07, 6.45) is 0.712. The predicted molar refractivity (Wildman–Crippen MR) is 74.9 cm³/mol. The van der Waals surface area contributed by atoms with Crippen molar-refractivity contribution in [2.24, 2.45) is 0 Å². The zero-order chi connectivity index (χ0) is 14.5. The number of fused-ring (bicyclic) bond motifs is 1. The minimum Gasteiger partial charge on any atom is -0.477 e. The Balaban J connectivity index is 2.24. The lowest BCUT2D eigenvalue weighted by molar-refractivity contribution is 0.0688. The Kier molecular flexibility index (Phi) is 5.05. The lowest BCUT2D eigenvalue weighted by Crippen LogP contribution is -2.03. The molecule has 0 aliphatic carbocycles. The van der Waals surface area contributed by atoms with Gasteiger partial charge in [-0.1, -0.05) is 6.07 Å². The van der Waals surface area contributed by atoms with Gasteiger partial charge in [-0.05, 0) is 18.6 Å². The minimum absolute atomic E-state index is 0.0896. The highest BCUT2D eigenvalue weighted by Crippen LogP contribution is 2.33. The molecule has 0 unspecified atom stereocenters. The molecule has 1 heterocycles. The quantitative estimate of drug-likeness (QED) is 0.797. The van der Waals surface area contributed by atoms with E-state index in [-0.39, 0.29) is 11.5 Å². The van der Waals surface area contributed by atoms with Crippen molar-refractivity contribution < 1.29 is 23.8 Å². The van der Waals surface area contributed by atoms with Crippen molar-refractivity contribution in [3.63, 3.8) is 0 Å². The van der Waals surface area contributed by atoms with Crippen LogP contribution in [0.15, 0.2) is 18.2 Å². The summed E-state index contributed by atoms with van der Waals surface area (Å²) in [5.41, 5.74) is 0.410. The second-order valence-electron chi connectivity index (χ2n) is 4.23. The van der Waals surface area contributed by atoms with Crippen LogP contribution in [-0.2, 0) is 16.1 Å². The molecule has 20 heavy (non-hydrogen) atoms. The fourth-order valence-corrected chi connectivity index (χ4v) is 3.02. The van der Waals surface area contributed by atoms with Crippen LogP contribution in [0.3, 0.4) is 0 Å². The third kappa shape index (κ3) is 3.15. The zero-order valence-corrected chi connectivity index (χ0v) is 11.8. The van der Waals surface area contributed by atoms with Gasteiger partial charge < -0.3 is 14.6 Å². The summed E-state index contributed by atoms with van der Waals surface area (Å²) in [7, 11) is 1.60. The van der Waals surface area contributed by atoms with E-state index >= 15 is 0 Å². The van der Waals surface area contributed by atoms with Gasteiger partial charge in [0.25, 0.3) is 0 Å². The van der Waals surface area contributed by atoms with E-state index in [1.165, 1.54) is 6.07 Å². The first-order chi connectivity index (χ1) is 9.65. The van der Waals surface area contributed by atoms with Crippen LogP contribution in [0, 0.1) is 5.82 Å². The summed E-state index contributed by atoms with van der Waals surface area (Å²) in [6.45, 7) is 1.11. The van der Waals surface area contributed by atoms with Gasteiger partial charge in [-0.3, -0.25) is 0 Å². The Hall–Kier alpha value is -1.50. The van der Waals surface area contributed by atoms with E-state index in [0.717, 1.165) is 11.3 Å². The minimum atomic E-state index is -1.05. The molecule has 2 rings (SSSR count). The Morgan fingerprint density at radius 3 is 2.90 bits per heavy atom. The number of benzene rings is 1. The number of aromatic carboxylic acids is 1. The highest BCUT2D eigenvalue weighted by Gasteiger charge is 2.20. The molecule has 0 radical (unpaired) electrons. The highest BCUT2D eigenvalue weighted by molar-refractivity contribution is 7.21. The van der Waals surface area contributed by atoms with E-state index in [9.17, 15) is 14.3 Å². The maximum Gasteiger partial charge on any atom is 0.346 e. The fourth-order valence-electron chi connectivity index (χ4n) is 1.96. The molecule has 1 N–H and O–H groups in total. The van der Waals surface area contributed by atoms with Gasteiger partial charge in [0, 0.05) is 36.0 Å². The molecule has 0 saturated carbocycles. The average Bonchev–Trinajstić information content (AvgIpc) is 2.79. The molecule has 1 aromatic carbocycles. The molecule has 0 atom stereocenters. The van der Waals surface area contributed by atoms with Crippen LogP contribution in [0.25, 0.3) is 10.1 Å². The Labute approximate surface area is 119 Å². The van der Waals surface area contributed by atoms with Gasteiger partial charge in [0.2, 0.25) is 0 Å². The fraction of sp³-hybridized carbons (Fsp3) is 0.357. The number of carboxylic acids is 1. The second-order valence-corrected chi connectivity index (χ2v) is 5.28. The topological polar surface area (TPSA) is 55.8 Å². The zero-order valence-electron chi connectivity index (χ0n) is 11.0. The molecule has 4 nitrogen and oxygen atoms in total. The molecule has 1 aromatic heterocycles. The molecule has 0 spiro atoms. The summed E-state index contributed by atoms with van der Waals surface area (Å²) >= 11 is 1.07. The van der Waals surface area contributed by atoms with Gasteiger partial charge in [0.05, 0.1) is 6.61 Å². The van der Waals surface area contributed by atoms with Gasteiger partial charge in [-0.2, -0.15) is 0 Å². The van der Waals surface area contributed by atoms with Crippen LogP contribution >= 0.6 is 11.3 Å². The molecule has 0 saturated heterocycles. The van der Waals surface area contributed by atoms with Crippen LogP contribution in [0.1, 0.15) is 21.7 Å². The summed E-state index contributed by atoms with van der Waals surface area (Å²) < 4.78 is 24.8. The largest absolute Gasteiger partial charge is 0.477 e. The van der Waals surface area contributed by atoms with Crippen LogP contribution in [0.2, 0.25) is 0 Å². The van der Waals surface area contributed by atoms with Crippen molar-refractivity contribution >= 4 is 27.4 Å². The van der Waals surface area contributed by atoms with E-state index in [4.69, 9.17) is 9.47 Å². The van der Waals surface area contributed by atoms with E-state index in [1.807, 2.05) is 0 Å². The summed E-state index contributed by atoms with van der Waals surface area (Å²) in [4.78, 5) is 11.4. The number of halogens is 1. The van der Waals surface area contributed by atoms with E-state index in [2.05, 4.69) is 0 Å². The molecular weight excluding hydrogens is 283 g/mol. The first-order valence-corrected chi connectivity index (χ1v) is 6.96. The van der Waals surface area contributed by atoms with Crippen molar-refractivity contribution in [3.05, 3.63) is 34.5 Å². The highest BCUT2D eigenvalue weighted by atomic mass is 32.1. The lowest BCUT2D eigenvalue weighted by Gasteiger charge is -2.05. The molecule has 108 valence electrons. The number of rotatable bonds is 7. The summed E-state index contributed by atoms with van der Waals surface area (Å²) in [5.74, 6) is -1.47. The third-order valence-corrected chi connectivity index (χ3v) is 4.03. The lowest BCUT2D eigenvalue weighted by atomic mass is 10.1. The Morgan fingerprint density at radius 1 is 1.40 bits per heavy atom. The molecule has 0 aliphatic heterocycles. The van der Waals surface area contributed by atoms with Crippen LogP contribution in [-0.4, -0.2) is 31.4 Å². The first kappa shape index (κ1) is 14.9. The molecule has 0 aliphatic rings. The van der Waals surface area contributed by atoms with Gasteiger partial charge in [0.15, 0.2) is 0 Å². The molecule has 2 aromatic rings. The normalized spacial score (nSPS) is 11.1. The van der Waals surface area contributed by atoms with Crippen molar-refractivity contribution in [2.75, 3.05) is 20.3 Å². The number of carbonyl (C=O) groups is 1. The van der Waals surface area contributed by atoms with Gasteiger partial charge >= 0.3 is 5.97 Å². The maximum atomic E-state index is 13.9. The number of carboxylic acid groups (broad SMARTS) is 1. The molecule has 6 heteroatoms. The first-order valence-electron chi connectivity index (χ1n) is 6.15. The standard InChI is InChI=1S/C14H15FO4S/c1-18-6-3-7-19-8-9-12-10(15)4-2-5-11(12)20-13(9)14(16)17/h2,4-5H,3,6-8H2,1H3,(H,16,17). The van der Waals surface area contributed by atoms with Crippen LogP contribution in [0.5, 0.6) is 0 Å². The number of hydrogen-bond acceptors (Lipinski definition) is 4. The Morgan fingerprint density at radius 2 is 2.20 bits per heavy atom. The number of methoxy groups -OCH3 is 1. The summed E-state index contributed by atoms with van der Waals surface area (Å²) in [5, 5.41) is 9.56. The van der Waals surface area contributed by atoms with Crippen molar-refractivity contribution in [1.82, 2.24) is 0 Å². The monoisotopic (exact) mass is 298 g/mol. The molecule has 0 amide bonds. The number of hydrogen-bond donors (Lipinski definition) is 1. The van der Waals surface area contributed by atoms with E-state index in [1.54, 1.807) is 19.2 Å². The van der Waals surface area contributed by atoms with E-state index < -0.39 is 11.8 Å². The van der Waals surface area contributed by atoms with Gasteiger partial charge in [-0.25, -0.2) is 9.18 Å². The number of ether oxygens (including phenoxy) is 2. The summed E-state index contributed by atoms with van der Waals surface area (Å²) in [6, 6.07) is 4.61. The van der Waals surface area contributed by atoms with Crippen LogP contribution in [0.4, 0.5) is 4.39 Å². The average molecular weight is 298 g/mol. The predicted octanol–water partition coefficient (Wildman–Crippen LogP) is 3.29. The van der Waals surface area contributed by atoms with Gasteiger partial charge in [-0.15, -0.1) is 11.3 Å². The van der Waals surface area contributed by atoms with Crippen LogP contribution < -0.4 is 0 Å².